The van der Waals surface area contributed by atoms with Crippen molar-refractivity contribution < 1.29 is 19.1 Å². The molecule has 5 rings (SSSR count). The first-order valence-electron chi connectivity index (χ1n) is 12.2. The van der Waals surface area contributed by atoms with Crippen LogP contribution in [-0.4, -0.2) is 50.8 Å². The maximum absolute atomic E-state index is 13.3. The Balaban J connectivity index is 1.45. The molecule has 1 aliphatic heterocycles. The highest BCUT2D eigenvalue weighted by Crippen LogP contribution is 2.40. The van der Waals surface area contributed by atoms with Crippen molar-refractivity contribution in [2.75, 3.05) is 38.8 Å². The van der Waals surface area contributed by atoms with E-state index in [1.165, 1.54) is 0 Å². The van der Waals surface area contributed by atoms with Gasteiger partial charge in [0.15, 0.2) is 11.5 Å². The van der Waals surface area contributed by atoms with Crippen molar-refractivity contribution in [2.45, 2.75) is 12.8 Å². The van der Waals surface area contributed by atoms with E-state index < -0.39 is 0 Å². The number of benzene rings is 3. The highest BCUT2D eigenvalue weighted by molar-refractivity contribution is 5.98. The second-order valence-electron chi connectivity index (χ2n) is 9.02. The number of hydrogen-bond acceptors (Lipinski definition) is 4. The molecule has 0 radical (unpaired) electrons. The van der Waals surface area contributed by atoms with E-state index in [2.05, 4.69) is 21.7 Å². The number of hydrogen-bond donors (Lipinski definition) is 3. The minimum Gasteiger partial charge on any atom is -0.493 e. The van der Waals surface area contributed by atoms with Crippen LogP contribution >= 0.6 is 0 Å². The molecule has 3 N–H and O–H groups in total. The molecular weight excluding hydrogens is 468 g/mol. The van der Waals surface area contributed by atoms with Crippen LogP contribution in [0.2, 0.25) is 0 Å². The van der Waals surface area contributed by atoms with Crippen molar-refractivity contribution in [3.63, 3.8) is 0 Å². The molecule has 0 spiro atoms. The SMILES string of the molecule is COc1cccc(C(CNC(=O)c2ccc(N3CCNC3=O)c(C)c2)c2c[nH]c3ccccc23)c1OC. The second-order valence-corrected chi connectivity index (χ2v) is 9.02. The van der Waals surface area contributed by atoms with Gasteiger partial charge in [0.25, 0.3) is 5.91 Å². The third kappa shape index (κ3) is 4.58. The Bertz CT molecular complexity index is 1460. The zero-order valence-electron chi connectivity index (χ0n) is 21.1. The van der Waals surface area contributed by atoms with E-state index in [0.29, 0.717) is 36.7 Å². The summed E-state index contributed by atoms with van der Waals surface area (Å²) in [6.45, 7) is 3.48. The summed E-state index contributed by atoms with van der Waals surface area (Å²) in [7, 11) is 3.24. The van der Waals surface area contributed by atoms with E-state index in [0.717, 1.165) is 33.3 Å². The zero-order chi connectivity index (χ0) is 25.9. The largest absolute Gasteiger partial charge is 0.493 e. The number of fused-ring (bicyclic) bond motifs is 1. The van der Waals surface area contributed by atoms with Crippen molar-refractivity contribution in [3.8, 4) is 11.5 Å². The zero-order valence-corrected chi connectivity index (χ0v) is 21.1. The normalized spacial score (nSPS) is 13.9. The molecule has 8 nitrogen and oxygen atoms in total. The number of anilines is 1. The molecule has 1 atom stereocenters. The molecule has 4 aromatic rings. The number of amides is 3. The molecular formula is C29H30N4O4. The van der Waals surface area contributed by atoms with E-state index in [4.69, 9.17) is 9.47 Å². The lowest BCUT2D eigenvalue weighted by Gasteiger charge is -2.22. The molecule has 190 valence electrons. The lowest BCUT2D eigenvalue weighted by atomic mass is 9.89. The molecule has 1 aromatic heterocycles. The molecule has 3 aromatic carbocycles. The molecule has 0 aliphatic carbocycles. The van der Waals surface area contributed by atoms with Crippen LogP contribution in [0.4, 0.5) is 10.5 Å². The summed E-state index contributed by atoms with van der Waals surface area (Å²) >= 11 is 0. The van der Waals surface area contributed by atoms with Gasteiger partial charge in [0.2, 0.25) is 0 Å². The van der Waals surface area contributed by atoms with Gasteiger partial charge in [-0.1, -0.05) is 30.3 Å². The standard InChI is InChI=1S/C29H30N4O4/c1-18-15-19(11-12-25(18)33-14-13-30-29(33)35)28(34)32-17-23(21-8-6-10-26(36-2)27(21)37-3)22-16-31-24-9-5-4-7-20(22)24/h4-12,15-16,23,31H,13-14,17H2,1-3H3,(H,30,35)(H,32,34). The number of ether oxygens (including phenoxy) is 2. The van der Waals surface area contributed by atoms with Crippen LogP contribution in [0.15, 0.2) is 66.9 Å². The Morgan fingerprint density at radius 1 is 1.05 bits per heavy atom. The lowest BCUT2D eigenvalue weighted by Crippen LogP contribution is -2.30. The number of aromatic amines is 1. The molecule has 1 fully saturated rings. The van der Waals surface area contributed by atoms with Crippen LogP contribution in [0.1, 0.15) is 33.0 Å². The Morgan fingerprint density at radius 2 is 1.89 bits per heavy atom. The summed E-state index contributed by atoms with van der Waals surface area (Å²) < 4.78 is 11.3. The van der Waals surface area contributed by atoms with Gasteiger partial charge in [-0.15, -0.1) is 0 Å². The Hall–Kier alpha value is -4.46. The molecule has 0 saturated carbocycles. The molecule has 3 amide bonds. The van der Waals surface area contributed by atoms with Gasteiger partial charge < -0.3 is 25.1 Å². The van der Waals surface area contributed by atoms with Crippen molar-refractivity contribution in [1.29, 1.82) is 0 Å². The quantitative estimate of drug-likeness (QED) is 0.331. The average molecular weight is 499 g/mol. The first-order chi connectivity index (χ1) is 18.0. The summed E-state index contributed by atoms with van der Waals surface area (Å²) in [5.74, 6) is 0.887. The predicted octanol–water partition coefficient (Wildman–Crippen LogP) is 4.59. The van der Waals surface area contributed by atoms with Crippen LogP contribution in [0, 0.1) is 6.92 Å². The average Bonchev–Trinajstić information content (AvgIpc) is 3.54. The van der Waals surface area contributed by atoms with Crippen molar-refractivity contribution in [2.24, 2.45) is 0 Å². The second kappa shape index (κ2) is 10.3. The monoisotopic (exact) mass is 498 g/mol. The number of nitrogens with one attached hydrogen (secondary N) is 3. The summed E-state index contributed by atoms with van der Waals surface area (Å²) in [5, 5.41) is 7.01. The number of H-pyrrole nitrogens is 1. The van der Waals surface area contributed by atoms with E-state index in [9.17, 15) is 9.59 Å². The number of carbonyl (C=O) groups is 2. The van der Waals surface area contributed by atoms with Gasteiger partial charge in [0.1, 0.15) is 0 Å². The number of aromatic nitrogens is 1. The Morgan fingerprint density at radius 3 is 2.62 bits per heavy atom. The molecule has 1 unspecified atom stereocenters. The van der Waals surface area contributed by atoms with Crippen molar-refractivity contribution >= 4 is 28.5 Å². The highest BCUT2D eigenvalue weighted by atomic mass is 16.5. The molecule has 0 bridgehead atoms. The number of nitrogens with zero attached hydrogens (tertiary/aromatic N) is 1. The fourth-order valence-corrected chi connectivity index (χ4v) is 5.05. The fraction of sp³-hybridized carbons (Fsp3) is 0.241. The first-order valence-corrected chi connectivity index (χ1v) is 12.2. The maximum Gasteiger partial charge on any atom is 0.322 e. The molecule has 37 heavy (non-hydrogen) atoms. The number of carbonyl (C=O) groups excluding carboxylic acids is 2. The summed E-state index contributed by atoms with van der Waals surface area (Å²) in [4.78, 5) is 30.4. The van der Waals surface area contributed by atoms with Crippen molar-refractivity contribution in [1.82, 2.24) is 15.6 Å². The fourth-order valence-electron chi connectivity index (χ4n) is 5.05. The molecule has 1 saturated heterocycles. The minimum absolute atomic E-state index is 0.117. The van der Waals surface area contributed by atoms with Gasteiger partial charge in [-0.05, 0) is 48.4 Å². The number of rotatable bonds is 8. The third-order valence-electron chi connectivity index (χ3n) is 6.88. The van der Waals surface area contributed by atoms with Crippen LogP contribution in [0.5, 0.6) is 11.5 Å². The Kier molecular flexibility index (Phi) is 6.72. The molecule has 2 heterocycles. The number of urea groups is 1. The van der Waals surface area contributed by atoms with Gasteiger partial charge in [-0.25, -0.2) is 4.79 Å². The Labute approximate surface area is 215 Å². The number of methoxy groups -OCH3 is 2. The summed E-state index contributed by atoms with van der Waals surface area (Å²) in [6, 6.07) is 19.2. The van der Waals surface area contributed by atoms with Gasteiger partial charge in [0, 0.05) is 59.5 Å². The smallest absolute Gasteiger partial charge is 0.322 e. The topological polar surface area (TPSA) is 95.7 Å². The van der Waals surface area contributed by atoms with Gasteiger partial charge in [-0.2, -0.15) is 0 Å². The van der Waals surface area contributed by atoms with E-state index in [-0.39, 0.29) is 17.9 Å². The molecule has 8 heteroatoms. The minimum atomic E-state index is -0.196. The highest BCUT2D eigenvalue weighted by Gasteiger charge is 2.26. The lowest BCUT2D eigenvalue weighted by molar-refractivity contribution is 0.0952. The number of aryl methyl sites for hydroxylation is 1. The number of para-hydroxylation sites is 2. The molecule has 1 aliphatic rings. The predicted molar refractivity (Wildman–Crippen MR) is 144 cm³/mol. The van der Waals surface area contributed by atoms with E-state index >= 15 is 0 Å². The van der Waals surface area contributed by atoms with E-state index in [1.54, 1.807) is 25.2 Å². The van der Waals surface area contributed by atoms with Crippen molar-refractivity contribution in [3.05, 3.63) is 89.1 Å². The summed E-state index contributed by atoms with van der Waals surface area (Å²) in [6.07, 6.45) is 1.99. The van der Waals surface area contributed by atoms with Gasteiger partial charge in [-0.3, -0.25) is 9.69 Å². The van der Waals surface area contributed by atoms with Gasteiger partial charge >= 0.3 is 6.03 Å². The van der Waals surface area contributed by atoms with Crippen LogP contribution in [0.25, 0.3) is 10.9 Å². The third-order valence-corrected chi connectivity index (χ3v) is 6.88. The van der Waals surface area contributed by atoms with Gasteiger partial charge in [0.05, 0.1) is 14.2 Å². The maximum atomic E-state index is 13.3. The van der Waals surface area contributed by atoms with E-state index in [1.807, 2.05) is 61.7 Å². The van der Waals surface area contributed by atoms with Crippen LogP contribution in [0.3, 0.4) is 0 Å². The summed E-state index contributed by atoms with van der Waals surface area (Å²) in [5.41, 5.74) is 5.20. The van der Waals surface area contributed by atoms with Crippen LogP contribution in [-0.2, 0) is 0 Å². The first kappa shape index (κ1) is 24.2. The van der Waals surface area contributed by atoms with Crippen LogP contribution < -0.4 is 25.0 Å².